The van der Waals surface area contributed by atoms with Crippen LogP contribution in [0.5, 0.6) is 5.75 Å². The standard InChI is InChI=1S/C21H12BBrN2O/c22-12-3-7-15-17(9-12)18-10-13(23)4-8-16(18)20-19(15)24-21(25-20)11-1-5-14(26)6-2-11/h1-10,26H,(H,24,25). The molecular weight excluding hydrogens is 387 g/mol. The SMILES string of the molecule is [B]c1ccc2c(c1)c1cc(Br)ccc1c1nc(-c3ccc(O)cc3)[nH]c21. The molecule has 0 aliphatic rings. The lowest BCUT2D eigenvalue weighted by atomic mass is 9.91. The predicted molar refractivity (Wildman–Crippen MR) is 111 cm³/mol. The fourth-order valence-electron chi connectivity index (χ4n) is 3.47. The number of aromatic hydroxyl groups is 1. The van der Waals surface area contributed by atoms with Crippen LogP contribution < -0.4 is 5.46 Å². The first-order chi connectivity index (χ1) is 12.6. The van der Waals surface area contributed by atoms with Gasteiger partial charge in [0.1, 0.15) is 19.4 Å². The van der Waals surface area contributed by atoms with Gasteiger partial charge in [-0.1, -0.05) is 45.7 Å². The van der Waals surface area contributed by atoms with E-state index >= 15 is 0 Å². The molecule has 0 unspecified atom stereocenters. The zero-order chi connectivity index (χ0) is 17.8. The van der Waals surface area contributed by atoms with E-state index in [9.17, 15) is 5.11 Å². The van der Waals surface area contributed by atoms with Crippen molar-refractivity contribution < 1.29 is 5.11 Å². The average molecular weight is 399 g/mol. The molecule has 0 saturated heterocycles. The van der Waals surface area contributed by atoms with Crippen LogP contribution in [0, 0.1) is 0 Å². The molecule has 3 nitrogen and oxygen atoms in total. The lowest BCUT2D eigenvalue weighted by molar-refractivity contribution is 0.475. The van der Waals surface area contributed by atoms with Crippen molar-refractivity contribution in [1.29, 1.82) is 0 Å². The molecule has 5 aromatic rings. The number of benzene rings is 4. The Morgan fingerprint density at radius 3 is 2.38 bits per heavy atom. The number of aromatic nitrogens is 2. The third-order valence-corrected chi connectivity index (χ3v) is 5.18. The van der Waals surface area contributed by atoms with E-state index in [0.717, 1.165) is 53.9 Å². The minimum Gasteiger partial charge on any atom is -0.508 e. The van der Waals surface area contributed by atoms with Crippen molar-refractivity contribution in [3.63, 3.8) is 0 Å². The Bertz CT molecular complexity index is 1230. The van der Waals surface area contributed by atoms with Crippen molar-refractivity contribution in [3.05, 3.63) is 65.1 Å². The predicted octanol–water partition coefficient (Wildman–Crippen LogP) is 4.80. The monoisotopic (exact) mass is 398 g/mol. The first kappa shape index (κ1) is 15.5. The van der Waals surface area contributed by atoms with Crippen molar-refractivity contribution in [1.82, 2.24) is 9.97 Å². The van der Waals surface area contributed by atoms with Gasteiger partial charge >= 0.3 is 0 Å². The fraction of sp³-hybridized carbons (Fsp3) is 0. The van der Waals surface area contributed by atoms with Crippen LogP contribution in [0.25, 0.3) is 44.0 Å². The topological polar surface area (TPSA) is 48.9 Å². The van der Waals surface area contributed by atoms with Crippen molar-refractivity contribution >= 4 is 61.8 Å². The lowest BCUT2D eigenvalue weighted by Crippen LogP contribution is -2.00. The summed E-state index contributed by atoms with van der Waals surface area (Å²) in [7, 11) is 6.05. The van der Waals surface area contributed by atoms with E-state index in [4.69, 9.17) is 12.8 Å². The van der Waals surface area contributed by atoms with Crippen LogP contribution in [0.3, 0.4) is 0 Å². The van der Waals surface area contributed by atoms with Crippen LogP contribution in [-0.2, 0) is 0 Å². The summed E-state index contributed by atoms with van der Waals surface area (Å²) in [4.78, 5) is 8.31. The normalized spacial score (nSPS) is 11.6. The molecule has 0 aliphatic carbocycles. The van der Waals surface area contributed by atoms with Gasteiger partial charge in [-0.15, -0.1) is 0 Å². The molecule has 0 amide bonds. The zero-order valence-electron chi connectivity index (χ0n) is 13.6. The number of aromatic amines is 1. The second-order valence-electron chi connectivity index (χ2n) is 6.35. The highest BCUT2D eigenvalue weighted by Gasteiger charge is 2.14. The van der Waals surface area contributed by atoms with E-state index in [1.165, 1.54) is 0 Å². The van der Waals surface area contributed by atoms with Crippen LogP contribution in [0.15, 0.2) is 65.1 Å². The molecular formula is C21H12BBrN2O. The Morgan fingerprint density at radius 2 is 1.58 bits per heavy atom. The number of fused-ring (bicyclic) bond motifs is 6. The Labute approximate surface area is 159 Å². The fourth-order valence-corrected chi connectivity index (χ4v) is 3.83. The highest BCUT2D eigenvalue weighted by Crippen LogP contribution is 2.36. The maximum atomic E-state index is 9.53. The number of rotatable bonds is 1. The second-order valence-corrected chi connectivity index (χ2v) is 7.27. The molecule has 122 valence electrons. The molecule has 0 spiro atoms. The molecule has 0 atom stereocenters. The molecule has 2 N–H and O–H groups in total. The highest BCUT2D eigenvalue weighted by molar-refractivity contribution is 9.10. The molecule has 5 rings (SSSR count). The Hall–Kier alpha value is -2.79. The minimum absolute atomic E-state index is 0.237. The smallest absolute Gasteiger partial charge is 0.138 e. The number of hydrogen-bond donors (Lipinski definition) is 2. The summed E-state index contributed by atoms with van der Waals surface area (Å²) < 4.78 is 1.02. The Balaban J connectivity index is 1.94. The molecule has 4 aromatic carbocycles. The van der Waals surface area contributed by atoms with E-state index in [1.807, 2.05) is 36.4 Å². The van der Waals surface area contributed by atoms with E-state index in [1.54, 1.807) is 12.1 Å². The van der Waals surface area contributed by atoms with Gasteiger partial charge < -0.3 is 10.1 Å². The number of H-pyrrole nitrogens is 1. The molecule has 0 bridgehead atoms. The Morgan fingerprint density at radius 1 is 0.846 bits per heavy atom. The maximum Gasteiger partial charge on any atom is 0.138 e. The molecule has 0 aliphatic heterocycles. The van der Waals surface area contributed by atoms with Gasteiger partial charge in [-0.3, -0.25) is 0 Å². The average Bonchev–Trinajstić information content (AvgIpc) is 3.07. The summed E-state index contributed by atoms with van der Waals surface area (Å²) in [6.45, 7) is 0. The highest BCUT2D eigenvalue weighted by atomic mass is 79.9. The number of hydrogen-bond acceptors (Lipinski definition) is 2. The van der Waals surface area contributed by atoms with Crippen LogP contribution >= 0.6 is 15.9 Å². The first-order valence-corrected chi connectivity index (χ1v) is 8.99. The van der Waals surface area contributed by atoms with Gasteiger partial charge in [0.05, 0.1) is 11.0 Å². The molecule has 0 fully saturated rings. The van der Waals surface area contributed by atoms with Gasteiger partial charge in [-0.05, 0) is 47.2 Å². The van der Waals surface area contributed by atoms with E-state index in [0.29, 0.717) is 0 Å². The largest absolute Gasteiger partial charge is 0.508 e. The summed E-state index contributed by atoms with van der Waals surface area (Å²) in [6.07, 6.45) is 0. The molecule has 2 radical (unpaired) electrons. The van der Waals surface area contributed by atoms with Gasteiger partial charge in [0.15, 0.2) is 0 Å². The van der Waals surface area contributed by atoms with Crippen molar-refractivity contribution in [2.75, 3.05) is 0 Å². The molecule has 1 heterocycles. The third kappa shape index (κ3) is 2.31. The summed E-state index contributed by atoms with van der Waals surface area (Å²) >= 11 is 3.57. The van der Waals surface area contributed by atoms with Gasteiger partial charge in [0, 0.05) is 20.8 Å². The van der Waals surface area contributed by atoms with Gasteiger partial charge in [-0.25, -0.2) is 4.98 Å². The number of halogens is 1. The minimum atomic E-state index is 0.237. The second kappa shape index (κ2) is 5.61. The van der Waals surface area contributed by atoms with E-state index in [-0.39, 0.29) is 5.75 Å². The molecule has 1 aromatic heterocycles. The van der Waals surface area contributed by atoms with Crippen LogP contribution in [0.2, 0.25) is 0 Å². The summed E-state index contributed by atoms with van der Waals surface area (Å²) in [5.41, 5.74) is 3.56. The number of imidazole rings is 1. The quantitative estimate of drug-likeness (QED) is 0.315. The van der Waals surface area contributed by atoms with Crippen LogP contribution in [0.1, 0.15) is 0 Å². The molecule has 5 heteroatoms. The number of phenols is 1. The zero-order valence-corrected chi connectivity index (χ0v) is 15.2. The van der Waals surface area contributed by atoms with Crippen molar-refractivity contribution in [2.45, 2.75) is 0 Å². The van der Waals surface area contributed by atoms with Gasteiger partial charge in [0.25, 0.3) is 0 Å². The first-order valence-electron chi connectivity index (χ1n) is 8.20. The van der Waals surface area contributed by atoms with Gasteiger partial charge in [0.2, 0.25) is 0 Å². The van der Waals surface area contributed by atoms with E-state index in [2.05, 4.69) is 33.0 Å². The molecule has 26 heavy (non-hydrogen) atoms. The summed E-state index contributed by atoms with van der Waals surface area (Å²) in [6, 6.07) is 19.2. The van der Waals surface area contributed by atoms with E-state index < -0.39 is 0 Å². The summed E-state index contributed by atoms with van der Waals surface area (Å²) in [5, 5.41) is 13.9. The maximum absolute atomic E-state index is 9.53. The number of phenolic OH excluding ortho intramolecular Hbond substituents is 1. The number of nitrogens with zero attached hydrogens (tertiary/aromatic N) is 1. The molecule has 0 saturated carbocycles. The van der Waals surface area contributed by atoms with Crippen molar-refractivity contribution in [2.24, 2.45) is 0 Å². The van der Waals surface area contributed by atoms with Crippen LogP contribution in [-0.4, -0.2) is 22.9 Å². The summed E-state index contributed by atoms with van der Waals surface area (Å²) in [5.74, 6) is 1.01. The lowest BCUT2D eigenvalue weighted by Gasteiger charge is -2.07. The Kier molecular flexibility index (Phi) is 3.34. The van der Waals surface area contributed by atoms with Gasteiger partial charge in [-0.2, -0.15) is 0 Å². The number of nitrogens with one attached hydrogen (secondary N) is 1. The van der Waals surface area contributed by atoms with Crippen molar-refractivity contribution in [3.8, 4) is 17.1 Å². The van der Waals surface area contributed by atoms with Crippen LogP contribution in [0.4, 0.5) is 0 Å². The third-order valence-electron chi connectivity index (χ3n) is 4.68.